The fraction of sp³-hybridized carbons (Fsp3) is 0.0909. The third-order valence-corrected chi connectivity index (χ3v) is 5.06. The molecule has 29 heavy (non-hydrogen) atoms. The summed E-state index contributed by atoms with van der Waals surface area (Å²) < 4.78 is 3.44. The van der Waals surface area contributed by atoms with Crippen molar-refractivity contribution in [3.05, 3.63) is 88.2 Å². The number of carboxylic acid groups (broad SMARTS) is 1. The standard InChI is InChI=1S/C22H16N4O3/c27-21-18-7-6-16(22(28)29)11-19(18)24-20-15(8-9-25(20)21)10-14-12-23-26(13-14)17-4-2-1-3-5-17/h1-7,10-13H,8-9H2,(H,28,29)/b15-10+. The van der Waals surface area contributed by atoms with Crippen molar-refractivity contribution in [1.82, 2.24) is 19.3 Å². The maximum atomic E-state index is 12.8. The number of carboxylic acids is 1. The zero-order valence-corrected chi connectivity index (χ0v) is 15.3. The van der Waals surface area contributed by atoms with Crippen LogP contribution in [0.4, 0.5) is 0 Å². The number of fused-ring (bicyclic) bond motifs is 2. The van der Waals surface area contributed by atoms with Gasteiger partial charge in [0.2, 0.25) is 0 Å². The van der Waals surface area contributed by atoms with E-state index in [1.807, 2.05) is 42.6 Å². The van der Waals surface area contributed by atoms with E-state index >= 15 is 0 Å². The van der Waals surface area contributed by atoms with Crippen LogP contribution in [-0.2, 0) is 6.54 Å². The maximum Gasteiger partial charge on any atom is 0.335 e. The first-order chi connectivity index (χ1) is 14.1. The molecule has 1 N–H and O–H groups in total. The van der Waals surface area contributed by atoms with Crippen LogP contribution in [0.5, 0.6) is 0 Å². The molecule has 5 rings (SSSR count). The summed E-state index contributed by atoms with van der Waals surface area (Å²) in [6, 6.07) is 14.2. The molecule has 1 aliphatic heterocycles. The monoisotopic (exact) mass is 384 g/mol. The van der Waals surface area contributed by atoms with E-state index in [9.17, 15) is 14.7 Å². The number of aromatic nitrogens is 4. The van der Waals surface area contributed by atoms with Gasteiger partial charge in [-0.1, -0.05) is 18.2 Å². The number of benzene rings is 2. The molecule has 3 heterocycles. The lowest BCUT2D eigenvalue weighted by Crippen LogP contribution is -2.20. The molecular weight excluding hydrogens is 368 g/mol. The number of hydrogen-bond acceptors (Lipinski definition) is 4. The summed E-state index contributed by atoms with van der Waals surface area (Å²) in [5.74, 6) is -0.462. The zero-order valence-electron chi connectivity index (χ0n) is 15.3. The number of carbonyl (C=O) groups is 1. The summed E-state index contributed by atoms with van der Waals surface area (Å²) >= 11 is 0. The van der Waals surface area contributed by atoms with Gasteiger partial charge in [0.15, 0.2) is 0 Å². The Hall–Kier alpha value is -4.00. The predicted octanol–water partition coefficient (Wildman–Crippen LogP) is 3.22. The Bertz CT molecular complexity index is 1350. The Morgan fingerprint density at radius 2 is 1.97 bits per heavy atom. The number of allylic oxidation sites excluding steroid dienone is 1. The molecule has 0 amide bonds. The van der Waals surface area contributed by atoms with Crippen LogP contribution in [0, 0.1) is 0 Å². The van der Waals surface area contributed by atoms with E-state index in [4.69, 9.17) is 0 Å². The molecular formula is C22H16N4O3. The van der Waals surface area contributed by atoms with Gasteiger partial charge >= 0.3 is 5.97 Å². The van der Waals surface area contributed by atoms with Gasteiger partial charge in [0.05, 0.1) is 28.4 Å². The van der Waals surface area contributed by atoms with Crippen LogP contribution in [0.1, 0.15) is 28.2 Å². The van der Waals surface area contributed by atoms with Crippen molar-refractivity contribution in [2.24, 2.45) is 0 Å². The molecule has 2 aromatic heterocycles. The highest BCUT2D eigenvalue weighted by Crippen LogP contribution is 2.27. The number of rotatable bonds is 3. The Morgan fingerprint density at radius 3 is 2.76 bits per heavy atom. The Morgan fingerprint density at radius 1 is 1.14 bits per heavy atom. The van der Waals surface area contributed by atoms with Crippen molar-refractivity contribution in [3.63, 3.8) is 0 Å². The van der Waals surface area contributed by atoms with E-state index in [1.54, 1.807) is 15.4 Å². The summed E-state index contributed by atoms with van der Waals surface area (Å²) in [7, 11) is 0. The fourth-order valence-corrected chi connectivity index (χ4v) is 3.62. The molecule has 4 aromatic rings. The predicted molar refractivity (Wildman–Crippen MR) is 109 cm³/mol. The van der Waals surface area contributed by atoms with Crippen molar-refractivity contribution >= 4 is 28.5 Å². The quantitative estimate of drug-likeness (QED) is 0.586. The molecule has 2 aromatic carbocycles. The Balaban J connectivity index is 1.58. The van der Waals surface area contributed by atoms with Gasteiger partial charge in [-0.05, 0) is 48.4 Å². The van der Waals surface area contributed by atoms with Gasteiger partial charge in [-0.25, -0.2) is 14.5 Å². The second-order valence-corrected chi connectivity index (χ2v) is 6.90. The molecule has 0 fully saturated rings. The van der Waals surface area contributed by atoms with Crippen molar-refractivity contribution in [1.29, 1.82) is 0 Å². The minimum atomic E-state index is -1.04. The lowest BCUT2D eigenvalue weighted by Gasteiger charge is -2.06. The van der Waals surface area contributed by atoms with E-state index in [-0.39, 0.29) is 11.1 Å². The second-order valence-electron chi connectivity index (χ2n) is 6.90. The molecule has 0 spiro atoms. The van der Waals surface area contributed by atoms with Crippen LogP contribution in [0.15, 0.2) is 65.7 Å². The van der Waals surface area contributed by atoms with Crippen LogP contribution in [0.25, 0.3) is 28.2 Å². The maximum absolute atomic E-state index is 12.8. The molecule has 0 unspecified atom stereocenters. The minimum Gasteiger partial charge on any atom is -0.478 e. The van der Waals surface area contributed by atoms with Gasteiger partial charge in [-0.3, -0.25) is 9.36 Å². The highest BCUT2D eigenvalue weighted by Gasteiger charge is 2.21. The van der Waals surface area contributed by atoms with Crippen molar-refractivity contribution in [2.75, 3.05) is 0 Å². The van der Waals surface area contributed by atoms with Gasteiger partial charge in [-0.15, -0.1) is 0 Å². The molecule has 0 aliphatic carbocycles. The normalized spacial score (nSPS) is 14.4. The van der Waals surface area contributed by atoms with Gasteiger partial charge in [-0.2, -0.15) is 5.10 Å². The average molecular weight is 384 g/mol. The van der Waals surface area contributed by atoms with Gasteiger partial charge < -0.3 is 5.11 Å². The first kappa shape index (κ1) is 17.1. The largest absolute Gasteiger partial charge is 0.478 e. The third kappa shape index (κ3) is 2.93. The Kier molecular flexibility index (Phi) is 3.87. The molecule has 0 saturated carbocycles. The van der Waals surface area contributed by atoms with Gasteiger partial charge in [0.1, 0.15) is 5.82 Å². The van der Waals surface area contributed by atoms with E-state index in [2.05, 4.69) is 10.1 Å². The van der Waals surface area contributed by atoms with Crippen LogP contribution in [-0.4, -0.2) is 30.4 Å². The van der Waals surface area contributed by atoms with Gasteiger partial charge in [0.25, 0.3) is 5.56 Å². The van der Waals surface area contributed by atoms with Crippen LogP contribution < -0.4 is 5.56 Å². The summed E-state index contributed by atoms with van der Waals surface area (Å²) in [6.45, 7) is 0.552. The van der Waals surface area contributed by atoms with Crippen LogP contribution in [0.2, 0.25) is 0 Å². The number of nitrogens with zero attached hydrogens (tertiary/aromatic N) is 4. The van der Waals surface area contributed by atoms with Crippen LogP contribution >= 0.6 is 0 Å². The van der Waals surface area contributed by atoms with E-state index < -0.39 is 5.97 Å². The number of aromatic carboxylic acids is 1. The number of hydrogen-bond donors (Lipinski definition) is 1. The summed E-state index contributed by atoms with van der Waals surface area (Å²) in [5, 5.41) is 14.0. The van der Waals surface area contributed by atoms with Crippen molar-refractivity contribution < 1.29 is 9.90 Å². The third-order valence-electron chi connectivity index (χ3n) is 5.06. The Labute approximate surface area is 165 Å². The summed E-state index contributed by atoms with van der Waals surface area (Å²) in [5.41, 5.74) is 3.16. The van der Waals surface area contributed by atoms with E-state index in [0.717, 1.165) is 16.8 Å². The second kappa shape index (κ2) is 6.56. The molecule has 0 saturated heterocycles. The zero-order chi connectivity index (χ0) is 20.0. The molecule has 7 heteroatoms. The molecule has 1 aliphatic rings. The highest BCUT2D eigenvalue weighted by molar-refractivity contribution is 5.93. The van der Waals surface area contributed by atoms with E-state index in [0.29, 0.717) is 29.7 Å². The summed E-state index contributed by atoms with van der Waals surface area (Å²) in [6.07, 6.45) is 6.35. The summed E-state index contributed by atoms with van der Waals surface area (Å²) in [4.78, 5) is 28.7. The first-order valence-corrected chi connectivity index (χ1v) is 9.19. The highest BCUT2D eigenvalue weighted by atomic mass is 16.4. The molecule has 0 bridgehead atoms. The molecule has 7 nitrogen and oxygen atoms in total. The lowest BCUT2D eigenvalue weighted by molar-refractivity contribution is 0.0697. The number of para-hydroxylation sites is 1. The smallest absolute Gasteiger partial charge is 0.335 e. The molecule has 0 atom stereocenters. The average Bonchev–Trinajstić information content (AvgIpc) is 3.36. The molecule has 142 valence electrons. The van der Waals surface area contributed by atoms with Crippen molar-refractivity contribution in [2.45, 2.75) is 13.0 Å². The van der Waals surface area contributed by atoms with Gasteiger partial charge in [0, 0.05) is 18.3 Å². The lowest BCUT2D eigenvalue weighted by atomic mass is 10.1. The molecule has 0 radical (unpaired) electrons. The SMILES string of the molecule is O=C(O)c1ccc2c(=O)n3c(nc2c1)/C(=C/c1cnn(-c2ccccc2)c1)CC3. The minimum absolute atomic E-state index is 0.113. The van der Waals surface area contributed by atoms with Crippen molar-refractivity contribution in [3.8, 4) is 5.69 Å². The first-order valence-electron chi connectivity index (χ1n) is 9.19. The van der Waals surface area contributed by atoms with Crippen LogP contribution in [0.3, 0.4) is 0 Å². The fourth-order valence-electron chi connectivity index (χ4n) is 3.62. The van der Waals surface area contributed by atoms with E-state index in [1.165, 1.54) is 18.2 Å². The topological polar surface area (TPSA) is 90.0 Å².